The number of amides is 1. The minimum atomic E-state index is -0.289. The summed E-state index contributed by atoms with van der Waals surface area (Å²) in [6, 6.07) is 22.5. The van der Waals surface area contributed by atoms with Crippen LogP contribution in [0.15, 0.2) is 84.1 Å². The SMILES string of the molecule is O=C(N/N=C/c1cn(Cc2ccc(Cl)cc2)c2ccccc12)c1ccc(Cl)cc1. The number of nitrogens with zero attached hydrogens (tertiary/aromatic N) is 2. The molecule has 0 spiro atoms. The van der Waals surface area contributed by atoms with Crippen LogP contribution >= 0.6 is 23.2 Å². The minimum Gasteiger partial charge on any atom is -0.342 e. The Morgan fingerprint density at radius 2 is 1.59 bits per heavy atom. The largest absolute Gasteiger partial charge is 0.342 e. The predicted octanol–water partition coefficient (Wildman–Crippen LogP) is 5.76. The van der Waals surface area contributed by atoms with Crippen molar-refractivity contribution < 1.29 is 4.79 Å². The van der Waals surface area contributed by atoms with Crippen molar-refractivity contribution in [1.82, 2.24) is 9.99 Å². The molecule has 0 unspecified atom stereocenters. The number of hydrogen-bond acceptors (Lipinski definition) is 2. The molecule has 29 heavy (non-hydrogen) atoms. The number of hydrazone groups is 1. The van der Waals surface area contributed by atoms with Crippen LogP contribution in [0.3, 0.4) is 0 Å². The molecule has 4 aromatic rings. The number of nitrogens with one attached hydrogen (secondary N) is 1. The summed E-state index contributed by atoms with van der Waals surface area (Å²) in [6.07, 6.45) is 3.69. The molecule has 0 aliphatic heterocycles. The van der Waals surface area contributed by atoms with Crippen LogP contribution in [0.5, 0.6) is 0 Å². The maximum absolute atomic E-state index is 12.2. The molecular weight excluding hydrogens is 405 g/mol. The average molecular weight is 422 g/mol. The monoisotopic (exact) mass is 421 g/mol. The lowest BCUT2D eigenvalue weighted by Gasteiger charge is -2.05. The van der Waals surface area contributed by atoms with Gasteiger partial charge in [0.1, 0.15) is 0 Å². The highest BCUT2D eigenvalue weighted by Gasteiger charge is 2.08. The lowest BCUT2D eigenvalue weighted by Crippen LogP contribution is -2.17. The van der Waals surface area contributed by atoms with E-state index in [1.807, 2.05) is 48.7 Å². The summed E-state index contributed by atoms with van der Waals surface area (Å²) in [5.41, 5.74) is 6.22. The van der Waals surface area contributed by atoms with Gasteiger partial charge in [0.15, 0.2) is 0 Å². The first-order chi connectivity index (χ1) is 14.1. The summed E-state index contributed by atoms with van der Waals surface area (Å²) in [5.74, 6) is -0.289. The molecule has 1 heterocycles. The summed E-state index contributed by atoms with van der Waals surface area (Å²) in [6.45, 7) is 0.711. The molecule has 0 aliphatic rings. The second-order valence-electron chi connectivity index (χ2n) is 6.56. The zero-order chi connectivity index (χ0) is 20.2. The molecular formula is C23H17Cl2N3O. The number of hydrogen-bond donors (Lipinski definition) is 1. The molecule has 0 fully saturated rings. The maximum atomic E-state index is 12.2. The average Bonchev–Trinajstić information content (AvgIpc) is 3.08. The Kier molecular flexibility index (Phi) is 5.65. The predicted molar refractivity (Wildman–Crippen MR) is 119 cm³/mol. The van der Waals surface area contributed by atoms with E-state index in [4.69, 9.17) is 23.2 Å². The Morgan fingerprint density at radius 1 is 0.931 bits per heavy atom. The third kappa shape index (κ3) is 4.50. The minimum absolute atomic E-state index is 0.289. The Labute approximate surface area is 178 Å². The van der Waals surface area contributed by atoms with Crippen LogP contribution in [0.4, 0.5) is 0 Å². The fourth-order valence-electron chi connectivity index (χ4n) is 3.12. The number of benzene rings is 3. The molecule has 4 nitrogen and oxygen atoms in total. The van der Waals surface area contributed by atoms with Gasteiger partial charge in [0.2, 0.25) is 0 Å². The maximum Gasteiger partial charge on any atom is 0.271 e. The number of halogens is 2. The molecule has 0 saturated heterocycles. The third-order valence-electron chi connectivity index (χ3n) is 4.56. The quantitative estimate of drug-likeness (QED) is 0.323. The number of aromatic nitrogens is 1. The Hall–Kier alpha value is -3.08. The fraction of sp³-hybridized carbons (Fsp3) is 0.0435. The molecule has 0 radical (unpaired) electrons. The fourth-order valence-corrected chi connectivity index (χ4v) is 3.37. The van der Waals surface area contributed by atoms with Gasteiger partial charge >= 0.3 is 0 Å². The number of carbonyl (C=O) groups is 1. The van der Waals surface area contributed by atoms with Crippen molar-refractivity contribution >= 4 is 46.2 Å². The van der Waals surface area contributed by atoms with Gasteiger partial charge in [0.25, 0.3) is 5.91 Å². The van der Waals surface area contributed by atoms with Gasteiger partial charge in [-0.05, 0) is 48.0 Å². The van der Waals surface area contributed by atoms with E-state index in [1.165, 1.54) is 0 Å². The number of fused-ring (bicyclic) bond motifs is 1. The topological polar surface area (TPSA) is 46.4 Å². The molecule has 4 rings (SSSR count). The molecule has 6 heteroatoms. The van der Waals surface area contributed by atoms with E-state index in [2.05, 4.69) is 21.2 Å². The number of carbonyl (C=O) groups excluding carboxylic acids is 1. The molecule has 0 saturated carbocycles. The standard InChI is InChI=1S/C23H17Cl2N3O/c24-19-9-5-16(6-10-19)14-28-15-18(21-3-1-2-4-22(21)28)13-26-27-23(29)17-7-11-20(25)12-8-17/h1-13,15H,14H2,(H,27,29)/b26-13+. The van der Waals surface area contributed by atoms with Gasteiger partial charge in [-0.2, -0.15) is 5.10 Å². The van der Waals surface area contributed by atoms with Crippen LogP contribution in [-0.4, -0.2) is 16.7 Å². The zero-order valence-corrected chi connectivity index (χ0v) is 16.9. The van der Waals surface area contributed by atoms with E-state index >= 15 is 0 Å². The van der Waals surface area contributed by atoms with E-state index in [0.717, 1.165) is 27.1 Å². The van der Waals surface area contributed by atoms with Crippen LogP contribution in [0.25, 0.3) is 10.9 Å². The first-order valence-corrected chi connectivity index (χ1v) is 9.77. The Bertz CT molecular complexity index is 1180. The number of rotatable bonds is 5. The van der Waals surface area contributed by atoms with Crippen molar-refractivity contribution in [1.29, 1.82) is 0 Å². The van der Waals surface area contributed by atoms with Gasteiger partial charge in [-0.15, -0.1) is 0 Å². The lowest BCUT2D eigenvalue weighted by molar-refractivity contribution is 0.0955. The van der Waals surface area contributed by atoms with Gasteiger partial charge in [0, 0.05) is 44.8 Å². The van der Waals surface area contributed by atoms with Crippen molar-refractivity contribution in [3.05, 3.63) is 106 Å². The molecule has 3 aromatic carbocycles. The van der Waals surface area contributed by atoms with Gasteiger partial charge in [-0.25, -0.2) is 5.43 Å². The molecule has 1 aromatic heterocycles. The molecule has 144 valence electrons. The lowest BCUT2D eigenvalue weighted by atomic mass is 10.2. The Morgan fingerprint density at radius 3 is 2.31 bits per heavy atom. The zero-order valence-electron chi connectivity index (χ0n) is 15.3. The van der Waals surface area contributed by atoms with E-state index in [0.29, 0.717) is 17.1 Å². The third-order valence-corrected chi connectivity index (χ3v) is 5.07. The molecule has 0 aliphatic carbocycles. The van der Waals surface area contributed by atoms with Crippen molar-refractivity contribution in [2.45, 2.75) is 6.54 Å². The van der Waals surface area contributed by atoms with E-state index in [9.17, 15) is 4.79 Å². The van der Waals surface area contributed by atoms with Crippen molar-refractivity contribution in [2.75, 3.05) is 0 Å². The van der Waals surface area contributed by atoms with Crippen molar-refractivity contribution in [3.8, 4) is 0 Å². The summed E-state index contributed by atoms with van der Waals surface area (Å²) < 4.78 is 2.15. The van der Waals surface area contributed by atoms with E-state index in [-0.39, 0.29) is 5.91 Å². The Balaban J connectivity index is 1.55. The van der Waals surface area contributed by atoms with Gasteiger partial charge in [0.05, 0.1) is 6.21 Å². The number of para-hydroxylation sites is 1. The van der Waals surface area contributed by atoms with Crippen molar-refractivity contribution in [3.63, 3.8) is 0 Å². The second-order valence-corrected chi connectivity index (χ2v) is 7.43. The highest BCUT2D eigenvalue weighted by atomic mass is 35.5. The van der Waals surface area contributed by atoms with Crippen LogP contribution in [0.2, 0.25) is 10.0 Å². The van der Waals surface area contributed by atoms with Gasteiger partial charge < -0.3 is 4.57 Å². The van der Waals surface area contributed by atoms with E-state index < -0.39 is 0 Å². The van der Waals surface area contributed by atoms with E-state index in [1.54, 1.807) is 30.5 Å². The normalized spacial score (nSPS) is 11.2. The van der Waals surface area contributed by atoms with Crippen LogP contribution in [0, 0.1) is 0 Å². The molecule has 1 amide bonds. The van der Waals surface area contributed by atoms with Gasteiger partial charge in [-0.3, -0.25) is 4.79 Å². The summed E-state index contributed by atoms with van der Waals surface area (Å²) in [5, 5.41) is 6.50. The second kappa shape index (κ2) is 8.52. The summed E-state index contributed by atoms with van der Waals surface area (Å²) in [4.78, 5) is 12.2. The summed E-state index contributed by atoms with van der Waals surface area (Å²) in [7, 11) is 0. The summed E-state index contributed by atoms with van der Waals surface area (Å²) >= 11 is 11.8. The molecule has 0 bridgehead atoms. The highest BCUT2D eigenvalue weighted by Crippen LogP contribution is 2.22. The van der Waals surface area contributed by atoms with Crippen LogP contribution < -0.4 is 5.43 Å². The molecule has 0 atom stereocenters. The smallest absolute Gasteiger partial charge is 0.271 e. The molecule has 1 N–H and O–H groups in total. The van der Waals surface area contributed by atoms with Crippen LogP contribution in [-0.2, 0) is 6.54 Å². The van der Waals surface area contributed by atoms with Gasteiger partial charge in [-0.1, -0.05) is 53.5 Å². The first kappa shape index (κ1) is 19.2. The highest BCUT2D eigenvalue weighted by molar-refractivity contribution is 6.30. The first-order valence-electron chi connectivity index (χ1n) is 9.01. The van der Waals surface area contributed by atoms with Crippen LogP contribution in [0.1, 0.15) is 21.5 Å². The van der Waals surface area contributed by atoms with Crippen molar-refractivity contribution in [2.24, 2.45) is 5.10 Å².